The third kappa shape index (κ3) is 28.5. The van der Waals surface area contributed by atoms with Gasteiger partial charge in [0.05, 0.1) is 6.61 Å². The Balaban J connectivity index is 2.47. The molecule has 0 bridgehead atoms. The molecule has 0 heterocycles. The molecular weight excluding hydrogens is 779 g/mol. The summed E-state index contributed by atoms with van der Waals surface area (Å²) < 4.78 is 33.5. The molecule has 0 spiro atoms. The summed E-state index contributed by atoms with van der Waals surface area (Å²) in [5, 5.41) is 50.1. The van der Waals surface area contributed by atoms with Gasteiger partial charge in [-0.1, -0.05) is 160 Å². The lowest BCUT2D eigenvalue weighted by Gasteiger charge is -2.41. The molecule has 1 aliphatic carbocycles. The molecule has 0 saturated heterocycles. The first-order chi connectivity index (χ1) is 28.4. The van der Waals surface area contributed by atoms with Gasteiger partial charge >= 0.3 is 19.8 Å². The van der Waals surface area contributed by atoms with Crippen molar-refractivity contribution >= 4 is 19.8 Å². The number of carbonyl (C=O) groups is 2. The predicted molar refractivity (Wildman–Crippen MR) is 230 cm³/mol. The molecule has 0 amide bonds. The number of allylic oxidation sites excluding steroid dienone is 4. The summed E-state index contributed by atoms with van der Waals surface area (Å²) in [6.45, 7) is 3.27. The number of aliphatic hydroxyl groups is 5. The van der Waals surface area contributed by atoms with Crippen LogP contribution in [0.2, 0.25) is 0 Å². The number of hydrogen-bond donors (Lipinski definition) is 6. The number of phosphoric ester groups is 1. The molecule has 0 aromatic carbocycles. The average Bonchev–Trinajstić information content (AvgIpc) is 3.21. The predicted octanol–water partition coefficient (Wildman–Crippen LogP) is 8.84. The Morgan fingerprint density at radius 3 is 1.41 bits per heavy atom. The molecule has 0 aromatic heterocycles. The van der Waals surface area contributed by atoms with Gasteiger partial charge in [-0.3, -0.25) is 18.6 Å². The monoisotopic (exact) mass is 863 g/mol. The smallest absolute Gasteiger partial charge is 0.462 e. The first-order valence-corrected chi connectivity index (χ1v) is 24.6. The topological polar surface area (TPSA) is 210 Å². The highest BCUT2D eigenvalue weighted by molar-refractivity contribution is 7.47. The van der Waals surface area contributed by atoms with Crippen LogP contribution in [0.1, 0.15) is 194 Å². The van der Waals surface area contributed by atoms with Gasteiger partial charge in [-0.15, -0.1) is 0 Å². The van der Waals surface area contributed by atoms with E-state index in [0.717, 1.165) is 64.2 Å². The zero-order chi connectivity index (χ0) is 43.6. The minimum Gasteiger partial charge on any atom is -0.462 e. The molecule has 59 heavy (non-hydrogen) atoms. The third-order valence-electron chi connectivity index (χ3n) is 10.8. The van der Waals surface area contributed by atoms with Gasteiger partial charge in [-0.2, -0.15) is 0 Å². The van der Waals surface area contributed by atoms with Gasteiger partial charge in [0.1, 0.15) is 43.2 Å². The van der Waals surface area contributed by atoms with Crippen LogP contribution >= 0.6 is 7.82 Å². The van der Waals surface area contributed by atoms with E-state index in [-0.39, 0.29) is 12.8 Å². The minimum atomic E-state index is -5.12. The van der Waals surface area contributed by atoms with E-state index in [1.807, 2.05) is 0 Å². The number of ether oxygens (including phenoxy) is 2. The molecule has 0 radical (unpaired) electrons. The van der Waals surface area contributed by atoms with Crippen molar-refractivity contribution in [1.29, 1.82) is 0 Å². The fourth-order valence-corrected chi connectivity index (χ4v) is 8.00. The molecule has 1 saturated carbocycles. The molecule has 8 atom stereocenters. The summed E-state index contributed by atoms with van der Waals surface area (Å²) in [6, 6.07) is 0. The highest BCUT2D eigenvalue weighted by Crippen LogP contribution is 2.47. The number of hydrogen-bond acceptors (Lipinski definition) is 12. The number of rotatable bonds is 38. The van der Waals surface area contributed by atoms with Crippen LogP contribution in [-0.2, 0) is 32.7 Å². The zero-order valence-corrected chi connectivity index (χ0v) is 37.4. The number of esters is 2. The standard InChI is InChI=1S/C45H83O13P/c1-3-5-7-9-11-13-15-17-19-21-23-25-27-29-31-33-38(46)55-35-37(36-56-59(53,54)58-45-43(51)41(49)40(48)42(50)44(45)52)57-39(47)34-32-30-28-26-24-22-20-18-16-14-12-10-8-6-4-2/h12,14,18,20,37,40-45,48-52H,3-11,13,15-17,19,21-36H2,1-2H3,(H,53,54)/b14-12-,20-18-/t37-,40?,41-,42?,43?,44?,45?/m1/s1. The largest absolute Gasteiger partial charge is 0.472 e. The van der Waals surface area contributed by atoms with Crippen molar-refractivity contribution in [2.24, 2.45) is 0 Å². The second-order valence-corrected chi connectivity index (χ2v) is 17.7. The molecule has 0 aromatic rings. The van der Waals surface area contributed by atoms with Gasteiger partial charge in [0.15, 0.2) is 6.10 Å². The Bertz CT molecular complexity index is 1130. The molecule has 1 aliphatic rings. The van der Waals surface area contributed by atoms with Crippen molar-refractivity contribution in [3.8, 4) is 0 Å². The van der Waals surface area contributed by atoms with Crippen LogP contribution in [0.4, 0.5) is 0 Å². The van der Waals surface area contributed by atoms with Gasteiger partial charge < -0.3 is 39.9 Å². The van der Waals surface area contributed by atoms with E-state index in [1.54, 1.807) is 0 Å². The van der Waals surface area contributed by atoms with Crippen molar-refractivity contribution in [2.45, 2.75) is 236 Å². The highest BCUT2D eigenvalue weighted by Gasteiger charge is 2.51. The molecular formula is C45H83O13P. The third-order valence-corrected chi connectivity index (χ3v) is 11.8. The first kappa shape index (κ1) is 55.3. The second kappa shape index (κ2) is 35.9. The van der Waals surface area contributed by atoms with Crippen LogP contribution in [0.3, 0.4) is 0 Å². The normalized spacial score (nSPS) is 22.5. The first-order valence-electron chi connectivity index (χ1n) is 23.1. The molecule has 6 unspecified atom stereocenters. The van der Waals surface area contributed by atoms with Crippen LogP contribution < -0.4 is 0 Å². The van der Waals surface area contributed by atoms with Crippen LogP contribution in [0.15, 0.2) is 24.3 Å². The van der Waals surface area contributed by atoms with Crippen molar-refractivity contribution in [2.75, 3.05) is 13.2 Å². The second-order valence-electron chi connectivity index (χ2n) is 16.3. The Morgan fingerprint density at radius 1 is 0.525 bits per heavy atom. The number of unbranched alkanes of at least 4 members (excludes halogenated alkanes) is 22. The zero-order valence-electron chi connectivity index (χ0n) is 36.6. The lowest BCUT2D eigenvalue weighted by molar-refractivity contribution is -0.220. The van der Waals surface area contributed by atoms with Gasteiger partial charge in [-0.25, -0.2) is 4.57 Å². The Kier molecular flexibility index (Phi) is 33.7. The van der Waals surface area contributed by atoms with E-state index in [0.29, 0.717) is 12.8 Å². The van der Waals surface area contributed by atoms with Gasteiger partial charge in [-0.05, 0) is 44.9 Å². The van der Waals surface area contributed by atoms with Crippen molar-refractivity contribution in [3.63, 3.8) is 0 Å². The number of phosphoric acid groups is 1. The van der Waals surface area contributed by atoms with Crippen molar-refractivity contribution < 1.29 is 63.1 Å². The SMILES string of the molecule is CCCCC/C=C\C/C=C\CCCCCCCC(=O)O[C@H](COC(=O)CCCCCCCCCCCCCCCCC)COP(=O)(O)OC1C(O)C(O)C(O)[C@@H](O)C1O. The highest BCUT2D eigenvalue weighted by atomic mass is 31.2. The van der Waals surface area contributed by atoms with Crippen LogP contribution in [0, 0.1) is 0 Å². The Hall–Kier alpha value is -1.67. The summed E-state index contributed by atoms with van der Waals surface area (Å²) in [4.78, 5) is 35.7. The summed E-state index contributed by atoms with van der Waals surface area (Å²) in [5.74, 6) is -1.11. The van der Waals surface area contributed by atoms with Gasteiger partial charge in [0, 0.05) is 12.8 Å². The van der Waals surface area contributed by atoms with E-state index >= 15 is 0 Å². The van der Waals surface area contributed by atoms with E-state index in [1.165, 1.54) is 89.9 Å². The lowest BCUT2D eigenvalue weighted by atomic mass is 9.85. The maximum absolute atomic E-state index is 12.8. The molecule has 346 valence electrons. The van der Waals surface area contributed by atoms with Crippen LogP contribution in [-0.4, -0.2) is 98.3 Å². The Morgan fingerprint density at radius 2 is 0.915 bits per heavy atom. The maximum Gasteiger partial charge on any atom is 0.472 e. The fraction of sp³-hybridized carbons (Fsp3) is 0.867. The van der Waals surface area contributed by atoms with Gasteiger partial charge in [0.2, 0.25) is 0 Å². The molecule has 1 fully saturated rings. The summed E-state index contributed by atoms with van der Waals surface area (Å²) in [6.07, 6.45) is 25.1. The van der Waals surface area contributed by atoms with Crippen LogP contribution in [0.5, 0.6) is 0 Å². The lowest BCUT2D eigenvalue weighted by Crippen LogP contribution is -2.64. The van der Waals surface area contributed by atoms with E-state index in [2.05, 4.69) is 38.2 Å². The maximum atomic E-state index is 12.8. The van der Waals surface area contributed by atoms with E-state index in [9.17, 15) is 44.6 Å². The fourth-order valence-electron chi connectivity index (χ4n) is 7.02. The van der Waals surface area contributed by atoms with Crippen molar-refractivity contribution in [1.82, 2.24) is 0 Å². The molecule has 0 aliphatic heterocycles. The Labute approximate surface area is 356 Å². The molecule has 6 N–H and O–H groups in total. The van der Waals surface area contributed by atoms with Crippen LogP contribution in [0.25, 0.3) is 0 Å². The molecule has 1 rings (SSSR count). The van der Waals surface area contributed by atoms with Crippen molar-refractivity contribution in [3.05, 3.63) is 24.3 Å². The van der Waals surface area contributed by atoms with E-state index < -0.39 is 75.7 Å². The summed E-state index contributed by atoms with van der Waals surface area (Å²) in [5.41, 5.74) is 0. The molecule has 13 nitrogen and oxygen atoms in total. The summed E-state index contributed by atoms with van der Waals surface area (Å²) in [7, 11) is -5.12. The summed E-state index contributed by atoms with van der Waals surface area (Å²) >= 11 is 0. The van der Waals surface area contributed by atoms with Gasteiger partial charge in [0.25, 0.3) is 0 Å². The average molecular weight is 863 g/mol. The minimum absolute atomic E-state index is 0.0832. The quantitative estimate of drug-likeness (QED) is 0.0149. The number of aliphatic hydroxyl groups excluding tert-OH is 5. The van der Waals surface area contributed by atoms with E-state index in [4.69, 9.17) is 18.5 Å². The molecule has 14 heteroatoms. The number of carbonyl (C=O) groups excluding carboxylic acids is 2.